The molecule has 20 heavy (non-hydrogen) atoms. The van der Waals surface area contributed by atoms with E-state index in [1.807, 2.05) is 18.7 Å². The van der Waals surface area contributed by atoms with E-state index < -0.39 is 11.6 Å². The van der Waals surface area contributed by atoms with Crippen molar-refractivity contribution >= 4 is 11.9 Å². The highest BCUT2D eigenvalue weighted by Crippen LogP contribution is 2.20. The fourth-order valence-corrected chi connectivity index (χ4v) is 2.27. The molecule has 0 aromatic rings. The van der Waals surface area contributed by atoms with Crippen LogP contribution in [0.2, 0.25) is 0 Å². The summed E-state index contributed by atoms with van der Waals surface area (Å²) in [5.74, 6) is -0.291. The van der Waals surface area contributed by atoms with Crippen LogP contribution in [0.1, 0.15) is 46.0 Å². The number of carbonyl (C=O) groups is 2. The third-order valence-corrected chi connectivity index (χ3v) is 3.59. The van der Waals surface area contributed by atoms with Gasteiger partial charge in [0.15, 0.2) is 0 Å². The van der Waals surface area contributed by atoms with Gasteiger partial charge >= 0.3 is 6.03 Å². The number of rotatable bonds is 5. The second-order valence-corrected chi connectivity index (χ2v) is 5.78. The van der Waals surface area contributed by atoms with Crippen LogP contribution in [0.5, 0.6) is 0 Å². The maximum atomic E-state index is 11.8. The second-order valence-electron chi connectivity index (χ2n) is 5.78. The van der Waals surface area contributed by atoms with Gasteiger partial charge in [-0.25, -0.2) is 4.79 Å². The molecule has 1 aliphatic rings. The molecule has 1 atom stereocenters. The molecule has 6 heteroatoms. The Morgan fingerprint density at radius 2 is 2.05 bits per heavy atom. The minimum absolute atomic E-state index is 0.206. The number of nitrogens with zero attached hydrogens (tertiary/aromatic N) is 1. The van der Waals surface area contributed by atoms with Crippen molar-refractivity contribution < 1.29 is 14.7 Å². The van der Waals surface area contributed by atoms with Gasteiger partial charge in [0.05, 0.1) is 12.1 Å². The second kappa shape index (κ2) is 8.21. The fourth-order valence-electron chi connectivity index (χ4n) is 2.27. The zero-order valence-corrected chi connectivity index (χ0v) is 12.6. The Kier molecular flexibility index (Phi) is 6.95. The molecule has 3 N–H and O–H groups in total. The summed E-state index contributed by atoms with van der Waals surface area (Å²) >= 11 is 0. The van der Waals surface area contributed by atoms with Crippen molar-refractivity contribution in [3.8, 4) is 0 Å². The Labute approximate surface area is 120 Å². The van der Waals surface area contributed by atoms with E-state index in [2.05, 4.69) is 10.6 Å². The molecule has 1 heterocycles. The van der Waals surface area contributed by atoms with Gasteiger partial charge in [0.2, 0.25) is 5.91 Å². The molecule has 1 fully saturated rings. The van der Waals surface area contributed by atoms with E-state index in [-0.39, 0.29) is 12.5 Å². The van der Waals surface area contributed by atoms with Crippen LogP contribution < -0.4 is 10.6 Å². The first kappa shape index (κ1) is 16.9. The number of aliphatic hydroxyl groups is 1. The van der Waals surface area contributed by atoms with Gasteiger partial charge in [-0.15, -0.1) is 0 Å². The number of imide groups is 1. The average Bonchev–Trinajstić information content (AvgIpc) is 2.51. The van der Waals surface area contributed by atoms with E-state index in [1.165, 1.54) is 0 Å². The predicted octanol–water partition coefficient (Wildman–Crippen LogP) is 0.849. The lowest BCUT2D eigenvalue weighted by Gasteiger charge is -2.21. The zero-order chi connectivity index (χ0) is 15.0. The Bertz CT molecular complexity index is 332. The van der Waals surface area contributed by atoms with Gasteiger partial charge in [-0.05, 0) is 39.2 Å². The number of unbranched alkanes of at least 4 members (excludes halogenated alkanes) is 1. The standard InChI is InChI=1S/C14H27N3O3/c1-3-4-8-15-13(19)16-12(18)11-17-9-5-6-14(2,20)7-10-17/h20H,3-11H2,1-2H3,(H2,15,16,18,19). The molecule has 0 radical (unpaired) electrons. The molecule has 1 unspecified atom stereocenters. The fraction of sp³-hybridized carbons (Fsp3) is 0.857. The number of hydrogen-bond donors (Lipinski definition) is 3. The highest BCUT2D eigenvalue weighted by Gasteiger charge is 2.25. The lowest BCUT2D eigenvalue weighted by atomic mass is 9.98. The van der Waals surface area contributed by atoms with Crippen molar-refractivity contribution in [2.24, 2.45) is 0 Å². The molecule has 0 aromatic carbocycles. The van der Waals surface area contributed by atoms with Crippen LogP contribution in [0.4, 0.5) is 4.79 Å². The topological polar surface area (TPSA) is 81.7 Å². The molecule has 0 bridgehead atoms. The Hall–Kier alpha value is -1.14. The quantitative estimate of drug-likeness (QED) is 0.654. The number of urea groups is 1. The minimum Gasteiger partial charge on any atom is -0.390 e. The van der Waals surface area contributed by atoms with Gasteiger partial charge < -0.3 is 10.4 Å². The summed E-state index contributed by atoms with van der Waals surface area (Å²) in [6, 6.07) is -0.426. The average molecular weight is 285 g/mol. The highest BCUT2D eigenvalue weighted by molar-refractivity contribution is 5.95. The van der Waals surface area contributed by atoms with Gasteiger partial charge in [-0.3, -0.25) is 15.0 Å². The Morgan fingerprint density at radius 3 is 2.75 bits per heavy atom. The summed E-state index contributed by atoms with van der Waals surface area (Å²) in [5.41, 5.74) is -0.636. The highest BCUT2D eigenvalue weighted by atomic mass is 16.3. The zero-order valence-electron chi connectivity index (χ0n) is 12.6. The molecular weight excluding hydrogens is 258 g/mol. The van der Waals surface area contributed by atoms with Crippen LogP contribution in [-0.4, -0.2) is 53.7 Å². The molecule has 116 valence electrons. The molecule has 0 aliphatic carbocycles. The van der Waals surface area contributed by atoms with Crippen molar-refractivity contribution in [1.82, 2.24) is 15.5 Å². The molecular formula is C14H27N3O3. The summed E-state index contributed by atoms with van der Waals surface area (Å²) in [6.45, 7) is 6.12. The molecule has 0 spiro atoms. The first-order chi connectivity index (χ1) is 9.43. The van der Waals surface area contributed by atoms with Crippen molar-refractivity contribution in [2.75, 3.05) is 26.2 Å². The largest absolute Gasteiger partial charge is 0.390 e. The van der Waals surface area contributed by atoms with Gasteiger partial charge in [0, 0.05) is 13.1 Å². The number of nitrogens with one attached hydrogen (secondary N) is 2. The summed E-state index contributed by atoms with van der Waals surface area (Å²) in [6.07, 6.45) is 4.18. The van der Waals surface area contributed by atoms with Gasteiger partial charge in [-0.1, -0.05) is 13.3 Å². The summed E-state index contributed by atoms with van der Waals surface area (Å²) in [4.78, 5) is 25.2. The third kappa shape index (κ3) is 6.86. The summed E-state index contributed by atoms with van der Waals surface area (Å²) < 4.78 is 0. The van der Waals surface area contributed by atoms with Gasteiger partial charge in [0.25, 0.3) is 0 Å². The van der Waals surface area contributed by atoms with Crippen LogP contribution in [-0.2, 0) is 4.79 Å². The predicted molar refractivity (Wildman–Crippen MR) is 77.4 cm³/mol. The number of carbonyl (C=O) groups excluding carboxylic acids is 2. The van der Waals surface area contributed by atoms with Gasteiger partial charge in [0.1, 0.15) is 0 Å². The minimum atomic E-state index is -0.636. The van der Waals surface area contributed by atoms with Crippen LogP contribution >= 0.6 is 0 Å². The van der Waals surface area contributed by atoms with Crippen molar-refractivity contribution in [3.05, 3.63) is 0 Å². The maximum Gasteiger partial charge on any atom is 0.321 e. The maximum absolute atomic E-state index is 11.8. The molecule has 1 saturated heterocycles. The number of amides is 3. The molecule has 0 aromatic heterocycles. The smallest absolute Gasteiger partial charge is 0.321 e. The van der Waals surface area contributed by atoms with Crippen LogP contribution in [0.3, 0.4) is 0 Å². The number of likely N-dealkylation sites (tertiary alicyclic amines) is 1. The number of hydrogen-bond acceptors (Lipinski definition) is 4. The molecule has 3 amide bonds. The van der Waals surface area contributed by atoms with E-state index in [9.17, 15) is 14.7 Å². The first-order valence-electron chi connectivity index (χ1n) is 7.45. The van der Waals surface area contributed by atoms with Crippen LogP contribution in [0.25, 0.3) is 0 Å². The SMILES string of the molecule is CCCCNC(=O)NC(=O)CN1CCCC(C)(O)CC1. The molecule has 1 aliphatic heterocycles. The van der Waals surface area contributed by atoms with Crippen molar-refractivity contribution in [3.63, 3.8) is 0 Å². The van der Waals surface area contributed by atoms with Crippen LogP contribution in [0.15, 0.2) is 0 Å². The van der Waals surface area contributed by atoms with E-state index in [1.54, 1.807) is 0 Å². The Morgan fingerprint density at radius 1 is 1.30 bits per heavy atom. The third-order valence-electron chi connectivity index (χ3n) is 3.59. The summed E-state index contributed by atoms with van der Waals surface area (Å²) in [7, 11) is 0. The van der Waals surface area contributed by atoms with Gasteiger partial charge in [-0.2, -0.15) is 0 Å². The molecule has 0 saturated carbocycles. The first-order valence-corrected chi connectivity index (χ1v) is 7.45. The molecule has 6 nitrogen and oxygen atoms in total. The summed E-state index contributed by atoms with van der Waals surface area (Å²) in [5, 5.41) is 15.0. The monoisotopic (exact) mass is 285 g/mol. The van der Waals surface area contributed by atoms with E-state index in [0.29, 0.717) is 19.5 Å². The normalized spacial score (nSPS) is 23.9. The van der Waals surface area contributed by atoms with E-state index in [4.69, 9.17) is 0 Å². The van der Waals surface area contributed by atoms with Crippen LogP contribution in [0, 0.1) is 0 Å². The van der Waals surface area contributed by atoms with Crippen molar-refractivity contribution in [2.45, 2.75) is 51.6 Å². The van der Waals surface area contributed by atoms with E-state index in [0.717, 1.165) is 32.2 Å². The van der Waals surface area contributed by atoms with E-state index >= 15 is 0 Å². The molecule has 1 rings (SSSR count). The van der Waals surface area contributed by atoms with Crippen molar-refractivity contribution in [1.29, 1.82) is 0 Å². The lowest BCUT2D eigenvalue weighted by Crippen LogP contribution is -2.45. The lowest BCUT2D eigenvalue weighted by molar-refractivity contribution is -0.121. The Balaban J connectivity index is 2.26.